The van der Waals surface area contributed by atoms with E-state index in [4.69, 9.17) is 4.74 Å². The molecule has 162 valence electrons. The monoisotopic (exact) mass is 438 g/mol. The molecule has 0 aliphatic rings. The minimum Gasteiger partial charge on any atom is -0.481 e. The van der Waals surface area contributed by atoms with Crippen molar-refractivity contribution in [1.29, 1.82) is 0 Å². The molecule has 6 nitrogen and oxygen atoms in total. The van der Waals surface area contributed by atoms with Gasteiger partial charge in [0.05, 0.1) is 4.90 Å². The number of carbonyl (C=O) groups is 1. The number of para-hydroxylation sites is 1. The Kier molecular flexibility index (Phi) is 7.09. The van der Waals surface area contributed by atoms with Crippen molar-refractivity contribution in [3.05, 3.63) is 90.0 Å². The molecule has 0 saturated carbocycles. The van der Waals surface area contributed by atoms with Crippen LogP contribution in [-0.4, -0.2) is 31.8 Å². The van der Waals surface area contributed by atoms with E-state index in [9.17, 15) is 13.2 Å². The molecule has 31 heavy (non-hydrogen) atoms. The Morgan fingerprint density at radius 3 is 2.23 bits per heavy atom. The second kappa shape index (κ2) is 9.76. The molecular weight excluding hydrogens is 412 g/mol. The summed E-state index contributed by atoms with van der Waals surface area (Å²) in [6.45, 7) is 3.85. The van der Waals surface area contributed by atoms with Crippen molar-refractivity contribution >= 4 is 21.6 Å². The lowest BCUT2D eigenvalue weighted by Crippen LogP contribution is -2.30. The first kappa shape index (κ1) is 22.5. The van der Waals surface area contributed by atoms with Crippen LogP contribution in [0.25, 0.3) is 0 Å². The van der Waals surface area contributed by atoms with Gasteiger partial charge in [-0.3, -0.25) is 4.79 Å². The predicted molar refractivity (Wildman–Crippen MR) is 121 cm³/mol. The van der Waals surface area contributed by atoms with Gasteiger partial charge < -0.3 is 10.1 Å². The largest absolute Gasteiger partial charge is 0.481 e. The van der Waals surface area contributed by atoms with Gasteiger partial charge in [0.25, 0.3) is 5.91 Å². The van der Waals surface area contributed by atoms with Gasteiger partial charge in [-0.25, -0.2) is 8.42 Å². The summed E-state index contributed by atoms with van der Waals surface area (Å²) in [6.07, 6.45) is -0.707. The van der Waals surface area contributed by atoms with Crippen LogP contribution in [-0.2, 0) is 21.4 Å². The van der Waals surface area contributed by atoms with Crippen LogP contribution in [0, 0.1) is 6.92 Å². The van der Waals surface area contributed by atoms with Gasteiger partial charge in [0.2, 0.25) is 10.0 Å². The molecular formula is C24H26N2O4S. The Morgan fingerprint density at radius 2 is 1.58 bits per heavy atom. The number of nitrogens with zero attached hydrogens (tertiary/aromatic N) is 1. The van der Waals surface area contributed by atoms with Gasteiger partial charge in [0.1, 0.15) is 5.75 Å². The molecule has 0 aliphatic heterocycles. The van der Waals surface area contributed by atoms with Crippen LogP contribution >= 0.6 is 0 Å². The number of amides is 1. The lowest BCUT2D eigenvalue weighted by molar-refractivity contribution is -0.122. The summed E-state index contributed by atoms with van der Waals surface area (Å²) < 4.78 is 32.7. The van der Waals surface area contributed by atoms with Gasteiger partial charge in [0.15, 0.2) is 6.10 Å². The smallest absolute Gasteiger partial charge is 0.265 e. The van der Waals surface area contributed by atoms with Gasteiger partial charge >= 0.3 is 0 Å². The number of carbonyl (C=O) groups excluding carboxylic acids is 1. The van der Waals surface area contributed by atoms with Crippen molar-refractivity contribution in [2.24, 2.45) is 0 Å². The lowest BCUT2D eigenvalue weighted by Gasteiger charge is -2.18. The number of nitrogens with one attached hydrogen (secondary N) is 1. The molecule has 0 bridgehead atoms. The highest BCUT2D eigenvalue weighted by atomic mass is 32.2. The Morgan fingerprint density at radius 1 is 0.968 bits per heavy atom. The first-order chi connectivity index (χ1) is 14.8. The molecule has 0 saturated heterocycles. The molecule has 3 aromatic rings. The normalized spacial score (nSPS) is 12.4. The maximum atomic E-state index is 12.8. The summed E-state index contributed by atoms with van der Waals surface area (Å²) >= 11 is 0. The average molecular weight is 439 g/mol. The number of anilines is 1. The van der Waals surface area contributed by atoms with E-state index in [0.717, 1.165) is 11.1 Å². The summed E-state index contributed by atoms with van der Waals surface area (Å²) in [5.41, 5.74) is 2.34. The third-order valence-electron chi connectivity index (χ3n) is 4.84. The fourth-order valence-corrected chi connectivity index (χ4v) is 4.15. The van der Waals surface area contributed by atoms with Gasteiger partial charge in [-0.15, -0.1) is 0 Å². The van der Waals surface area contributed by atoms with E-state index in [0.29, 0.717) is 11.4 Å². The van der Waals surface area contributed by atoms with Crippen molar-refractivity contribution in [2.45, 2.75) is 31.4 Å². The summed E-state index contributed by atoms with van der Waals surface area (Å²) in [6, 6.07) is 23.0. The van der Waals surface area contributed by atoms with E-state index in [-0.39, 0.29) is 17.3 Å². The van der Waals surface area contributed by atoms with E-state index in [1.54, 1.807) is 26.1 Å². The lowest BCUT2D eigenvalue weighted by atomic mass is 10.2. The van der Waals surface area contributed by atoms with Crippen molar-refractivity contribution in [1.82, 2.24) is 4.31 Å². The highest BCUT2D eigenvalue weighted by molar-refractivity contribution is 7.89. The second-order valence-electron chi connectivity index (χ2n) is 7.29. The van der Waals surface area contributed by atoms with Crippen LogP contribution in [0.2, 0.25) is 0 Å². The third-order valence-corrected chi connectivity index (χ3v) is 6.66. The van der Waals surface area contributed by atoms with Crippen LogP contribution in [0.3, 0.4) is 0 Å². The molecule has 7 heteroatoms. The highest BCUT2D eigenvalue weighted by Crippen LogP contribution is 2.21. The topological polar surface area (TPSA) is 75.7 Å². The number of hydrogen-bond acceptors (Lipinski definition) is 4. The SMILES string of the molecule is Cc1ccccc1OC(C)C(=O)Nc1ccc(S(=O)(=O)N(C)Cc2ccccc2)cc1. The molecule has 0 aliphatic carbocycles. The third kappa shape index (κ3) is 5.71. The summed E-state index contributed by atoms with van der Waals surface area (Å²) in [7, 11) is -2.10. The molecule has 1 atom stereocenters. The Hall–Kier alpha value is -3.16. The van der Waals surface area contributed by atoms with Crippen LogP contribution in [0.1, 0.15) is 18.1 Å². The number of sulfonamides is 1. The number of aryl methyl sites for hydroxylation is 1. The van der Waals surface area contributed by atoms with Crippen molar-refractivity contribution in [2.75, 3.05) is 12.4 Å². The number of ether oxygens (including phenoxy) is 1. The number of rotatable bonds is 8. The summed E-state index contributed by atoms with van der Waals surface area (Å²) in [5, 5.41) is 2.76. The van der Waals surface area contributed by atoms with E-state index in [2.05, 4.69) is 5.32 Å². The van der Waals surface area contributed by atoms with Crippen LogP contribution in [0.15, 0.2) is 83.8 Å². The zero-order chi connectivity index (χ0) is 22.4. The van der Waals surface area contributed by atoms with Crippen molar-refractivity contribution in [3.63, 3.8) is 0 Å². The minimum absolute atomic E-state index is 0.160. The number of hydrogen-bond donors (Lipinski definition) is 1. The zero-order valence-corrected chi connectivity index (χ0v) is 18.6. The van der Waals surface area contributed by atoms with Crippen LogP contribution in [0.4, 0.5) is 5.69 Å². The average Bonchev–Trinajstić information content (AvgIpc) is 2.76. The number of benzene rings is 3. The molecule has 0 heterocycles. The molecule has 0 radical (unpaired) electrons. The molecule has 1 amide bonds. The van der Waals surface area contributed by atoms with Gasteiger partial charge in [-0.2, -0.15) is 4.31 Å². The van der Waals surface area contributed by atoms with Crippen molar-refractivity contribution < 1.29 is 17.9 Å². The Labute approximate surface area is 183 Å². The van der Waals surface area contributed by atoms with Crippen LogP contribution in [0.5, 0.6) is 5.75 Å². The Bertz CT molecular complexity index is 1130. The molecule has 0 spiro atoms. The van der Waals surface area contributed by atoms with Crippen LogP contribution < -0.4 is 10.1 Å². The highest BCUT2D eigenvalue weighted by Gasteiger charge is 2.21. The Balaban J connectivity index is 1.63. The quantitative estimate of drug-likeness (QED) is 0.571. The molecule has 1 N–H and O–H groups in total. The van der Waals surface area contributed by atoms with E-state index < -0.39 is 16.1 Å². The summed E-state index contributed by atoms with van der Waals surface area (Å²) in [4.78, 5) is 12.6. The fraction of sp³-hybridized carbons (Fsp3) is 0.208. The molecule has 3 aromatic carbocycles. The molecule has 1 unspecified atom stereocenters. The second-order valence-corrected chi connectivity index (χ2v) is 9.33. The van der Waals surface area contributed by atoms with Gasteiger partial charge in [-0.05, 0) is 55.3 Å². The molecule has 0 fully saturated rings. The van der Waals surface area contributed by atoms with E-state index in [1.165, 1.54) is 16.4 Å². The predicted octanol–water partition coefficient (Wildman–Crippen LogP) is 4.22. The van der Waals surface area contributed by atoms with E-state index in [1.807, 2.05) is 61.5 Å². The van der Waals surface area contributed by atoms with E-state index >= 15 is 0 Å². The summed E-state index contributed by atoms with van der Waals surface area (Å²) in [5.74, 6) is 0.327. The molecule has 0 aromatic heterocycles. The fourth-order valence-electron chi connectivity index (χ4n) is 2.99. The first-order valence-corrected chi connectivity index (χ1v) is 11.3. The van der Waals surface area contributed by atoms with Gasteiger partial charge in [-0.1, -0.05) is 48.5 Å². The first-order valence-electron chi connectivity index (χ1n) is 9.91. The van der Waals surface area contributed by atoms with Crippen molar-refractivity contribution in [3.8, 4) is 5.75 Å². The maximum absolute atomic E-state index is 12.8. The van der Waals surface area contributed by atoms with Gasteiger partial charge in [0, 0.05) is 19.3 Å². The molecule has 3 rings (SSSR count). The minimum atomic E-state index is -3.65. The zero-order valence-electron chi connectivity index (χ0n) is 17.8. The standard InChI is InChI=1S/C24H26N2O4S/c1-18-9-7-8-12-23(18)30-19(2)24(27)25-21-13-15-22(16-14-21)31(28,29)26(3)17-20-10-5-4-6-11-20/h4-16,19H,17H2,1-3H3,(H,25,27). The maximum Gasteiger partial charge on any atom is 0.265 e.